The summed E-state index contributed by atoms with van der Waals surface area (Å²) < 4.78 is 1.75. The average Bonchev–Trinajstić information content (AvgIpc) is 2.34. The summed E-state index contributed by atoms with van der Waals surface area (Å²) in [5.41, 5.74) is 1.84. The summed E-state index contributed by atoms with van der Waals surface area (Å²) in [6.45, 7) is 0. The van der Waals surface area contributed by atoms with Crippen LogP contribution < -0.4 is 0 Å². The van der Waals surface area contributed by atoms with Gasteiger partial charge in [0.05, 0.1) is 5.52 Å². The van der Waals surface area contributed by atoms with Gasteiger partial charge < -0.3 is 0 Å². The van der Waals surface area contributed by atoms with Crippen LogP contribution in [0.4, 0.5) is 0 Å². The van der Waals surface area contributed by atoms with Crippen LogP contribution in [0.3, 0.4) is 0 Å². The molecule has 0 aromatic carbocycles. The molecule has 0 spiro atoms. The van der Waals surface area contributed by atoms with Crippen molar-refractivity contribution < 1.29 is 0 Å². The molecule has 0 aliphatic heterocycles. The van der Waals surface area contributed by atoms with E-state index in [1.54, 1.807) is 10.9 Å². The molecule has 0 saturated carbocycles. The van der Waals surface area contributed by atoms with Crippen LogP contribution in [-0.4, -0.2) is 14.8 Å². The minimum Gasteiger partial charge on any atom is -0.266 e. The van der Waals surface area contributed by atoms with Crippen LogP contribution >= 0.6 is 0 Å². The molecule has 0 bridgehead atoms. The molecule has 0 saturated heterocycles. The molecule has 3 nitrogen and oxygen atoms in total. The third-order valence-electron chi connectivity index (χ3n) is 1.44. The van der Waals surface area contributed by atoms with E-state index < -0.39 is 0 Å². The normalized spacial score (nSPS) is 10.5. The molecule has 2 aromatic rings. The van der Waals surface area contributed by atoms with E-state index in [9.17, 15) is 0 Å². The highest BCUT2D eigenvalue weighted by molar-refractivity contribution is 5.72. The van der Waals surface area contributed by atoms with Gasteiger partial charge in [-0.25, -0.2) is 0 Å². The van der Waals surface area contributed by atoms with Crippen molar-refractivity contribution in [3.8, 4) is 0 Å². The minimum atomic E-state index is 0.824. The fraction of sp³-hybridized carbons (Fsp3) is 0.143. The van der Waals surface area contributed by atoms with Gasteiger partial charge in [-0.3, -0.25) is 9.67 Å². The Morgan fingerprint density at radius 1 is 1.60 bits per heavy atom. The molecule has 2 aromatic heterocycles. The Labute approximate surface area is 58.3 Å². The number of nitrogens with zero attached hydrogens (tertiary/aromatic N) is 3. The molecule has 0 atom stereocenters. The third kappa shape index (κ3) is 0.603. The van der Waals surface area contributed by atoms with Gasteiger partial charge in [-0.1, -0.05) is 0 Å². The second kappa shape index (κ2) is 1.80. The smallest absolute Gasteiger partial charge is 0.141 e. The van der Waals surface area contributed by atoms with E-state index in [0.29, 0.717) is 0 Å². The second-order valence-electron chi connectivity index (χ2n) is 2.11. The molecule has 2 rings (SSSR count). The maximum Gasteiger partial charge on any atom is 0.141 e. The van der Waals surface area contributed by atoms with E-state index in [-0.39, 0.29) is 0 Å². The van der Waals surface area contributed by atoms with E-state index >= 15 is 0 Å². The number of rotatable bonds is 0. The van der Waals surface area contributed by atoms with Gasteiger partial charge >= 0.3 is 0 Å². The van der Waals surface area contributed by atoms with Gasteiger partial charge in [0, 0.05) is 13.2 Å². The lowest BCUT2D eigenvalue weighted by Gasteiger charge is -1.89. The van der Waals surface area contributed by atoms with E-state index in [4.69, 9.17) is 0 Å². The summed E-state index contributed by atoms with van der Waals surface area (Å²) in [5, 5.41) is 3.92. The molecule has 49 valence electrons. The van der Waals surface area contributed by atoms with Crippen molar-refractivity contribution in [1.82, 2.24) is 14.8 Å². The Morgan fingerprint density at radius 3 is 3.30 bits per heavy atom. The van der Waals surface area contributed by atoms with Crippen molar-refractivity contribution in [2.75, 3.05) is 0 Å². The molecule has 0 unspecified atom stereocenters. The standard InChI is InChI=1S/C7H6N3/c1-10-7-3-2-4-8-6(7)5-9-10/h2-4H,1H3. The average molecular weight is 132 g/mol. The number of aryl methyl sites for hydroxylation is 1. The number of aromatic nitrogens is 3. The monoisotopic (exact) mass is 132 g/mol. The molecule has 0 fully saturated rings. The molecule has 0 N–H and O–H groups in total. The van der Waals surface area contributed by atoms with Crippen LogP contribution in [0.25, 0.3) is 11.0 Å². The molecular weight excluding hydrogens is 126 g/mol. The molecule has 0 aliphatic carbocycles. The Balaban J connectivity index is 2.93. The summed E-state index contributed by atoms with van der Waals surface area (Å²) in [6, 6.07) is 3.85. The zero-order valence-electron chi connectivity index (χ0n) is 5.57. The lowest BCUT2D eigenvalue weighted by atomic mass is 10.4. The van der Waals surface area contributed by atoms with Crippen molar-refractivity contribution in [2.24, 2.45) is 7.05 Å². The summed E-state index contributed by atoms with van der Waals surface area (Å²) >= 11 is 0. The topological polar surface area (TPSA) is 30.7 Å². The Morgan fingerprint density at radius 2 is 2.50 bits per heavy atom. The second-order valence-corrected chi connectivity index (χ2v) is 2.11. The zero-order chi connectivity index (χ0) is 6.97. The summed E-state index contributed by atoms with van der Waals surface area (Å²) in [7, 11) is 1.88. The van der Waals surface area contributed by atoms with Crippen molar-refractivity contribution >= 4 is 11.0 Å². The summed E-state index contributed by atoms with van der Waals surface area (Å²) in [4.78, 5) is 4.06. The molecular formula is C7H6N3. The first-order chi connectivity index (χ1) is 4.88. The Kier molecular flexibility index (Phi) is 0.974. The molecule has 1 radical (unpaired) electrons. The highest BCUT2D eigenvalue weighted by Crippen LogP contribution is 2.05. The Hall–Kier alpha value is -1.38. The van der Waals surface area contributed by atoms with Gasteiger partial charge in [-0.05, 0) is 12.1 Å². The zero-order valence-corrected chi connectivity index (χ0v) is 5.57. The first-order valence-electron chi connectivity index (χ1n) is 3.03. The largest absolute Gasteiger partial charge is 0.266 e. The maximum absolute atomic E-state index is 4.06. The predicted octanol–water partition coefficient (Wildman–Crippen LogP) is 0.768. The van der Waals surface area contributed by atoms with Gasteiger partial charge in [0.25, 0.3) is 0 Å². The van der Waals surface area contributed by atoms with Crippen molar-refractivity contribution in [3.05, 3.63) is 24.5 Å². The third-order valence-corrected chi connectivity index (χ3v) is 1.44. The molecule has 2 heterocycles. The summed E-state index contributed by atoms with van der Waals surface area (Å²) in [6.07, 6.45) is 4.53. The van der Waals surface area contributed by atoms with Gasteiger partial charge in [0.2, 0.25) is 0 Å². The van der Waals surface area contributed by atoms with E-state index in [0.717, 1.165) is 11.0 Å². The van der Waals surface area contributed by atoms with Crippen LogP contribution in [0.5, 0.6) is 0 Å². The van der Waals surface area contributed by atoms with E-state index in [1.165, 1.54) is 0 Å². The first-order valence-corrected chi connectivity index (χ1v) is 3.03. The van der Waals surface area contributed by atoms with Gasteiger partial charge in [0.1, 0.15) is 11.7 Å². The lowest BCUT2D eigenvalue weighted by molar-refractivity contribution is 0.794. The quantitative estimate of drug-likeness (QED) is 0.530. The predicted molar refractivity (Wildman–Crippen MR) is 37.3 cm³/mol. The van der Waals surface area contributed by atoms with Crippen LogP contribution in [0.15, 0.2) is 18.3 Å². The van der Waals surface area contributed by atoms with E-state index in [2.05, 4.69) is 16.3 Å². The molecule has 3 heteroatoms. The fourth-order valence-electron chi connectivity index (χ4n) is 0.920. The van der Waals surface area contributed by atoms with Crippen LogP contribution in [-0.2, 0) is 7.05 Å². The van der Waals surface area contributed by atoms with Crippen LogP contribution in [0.2, 0.25) is 0 Å². The van der Waals surface area contributed by atoms with Crippen molar-refractivity contribution in [2.45, 2.75) is 0 Å². The number of fused-ring (bicyclic) bond motifs is 1. The van der Waals surface area contributed by atoms with Crippen LogP contribution in [0.1, 0.15) is 0 Å². The Bertz CT molecular complexity index is 350. The first kappa shape index (κ1) is 5.41. The highest BCUT2D eigenvalue weighted by atomic mass is 15.3. The number of pyridine rings is 1. The van der Waals surface area contributed by atoms with E-state index in [1.807, 2.05) is 19.2 Å². The van der Waals surface area contributed by atoms with Crippen LogP contribution in [0, 0.1) is 6.20 Å². The molecule has 10 heavy (non-hydrogen) atoms. The summed E-state index contributed by atoms with van der Waals surface area (Å²) in [5.74, 6) is 0. The lowest BCUT2D eigenvalue weighted by Crippen LogP contribution is -1.87. The highest BCUT2D eigenvalue weighted by Gasteiger charge is 1.96. The van der Waals surface area contributed by atoms with Crippen molar-refractivity contribution in [1.29, 1.82) is 0 Å². The maximum atomic E-state index is 4.06. The van der Waals surface area contributed by atoms with Gasteiger partial charge in [0.15, 0.2) is 0 Å². The number of hydrogen-bond donors (Lipinski definition) is 0. The molecule has 0 amide bonds. The minimum absolute atomic E-state index is 0.824. The SMILES string of the molecule is Cn1n[c]c2ncccc21. The van der Waals surface area contributed by atoms with Crippen molar-refractivity contribution in [3.63, 3.8) is 0 Å². The fourth-order valence-corrected chi connectivity index (χ4v) is 0.920. The molecule has 0 aliphatic rings. The number of hydrogen-bond acceptors (Lipinski definition) is 2. The van der Waals surface area contributed by atoms with Gasteiger partial charge in [-0.2, -0.15) is 5.10 Å². The van der Waals surface area contributed by atoms with Gasteiger partial charge in [-0.15, -0.1) is 0 Å².